The number of benzene rings is 1. The fourth-order valence-electron chi connectivity index (χ4n) is 2.17. The Balaban J connectivity index is 2.32. The third kappa shape index (κ3) is 3.98. The van der Waals surface area contributed by atoms with Gasteiger partial charge in [0.25, 0.3) is 11.1 Å². The van der Waals surface area contributed by atoms with E-state index in [-0.39, 0.29) is 23.0 Å². The van der Waals surface area contributed by atoms with Crippen molar-refractivity contribution >= 4 is 50.9 Å². The van der Waals surface area contributed by atoms with E-state index in [0.717, 1.165) is 16.7 Å². The van der Waals surface area contributed by atoms with Gasteiger partial charge in [-0.2, -0.15) is 0 Å². The lowest BCUT2D eigenvalue weighted by molar-refractivity contribution is -0.150. The van der Waals surface area contributed by atoms with Gasteiger partial charge in [0.1, 0.15) is 6.04 Å². The summed E-state index contributed by atoms with van der Waals surface area (Å²) in [7, 11) is 1.40. The summed E-state index contributed by atoms with van der Waals surface area (Å²) in [6.45, 7) is 3.25. The number of phenolic OH excluding ortho intramolecular Hbond substituents is 1. The Hall–Kier alpha value is -2.00. The van der Waals surface area contributed by atoms with Gasteiger partial charge < -0.3 is 14.6 Å². The van der Waals surface area contributed by atoms with Gasteiger partial charge in [-0.05, 0) is 65.3 Å². The third-order valence-electron chi connectivity index (χ3n) is 3.41. The Bertz CT molecular complexity index is 763. The van der Waals surface area contributed by atoms with Crippen LogP contribution < -0.4 is 4.74 Å². The van der Waals surface area contributed by atoms with Crippen LogP contribution >= 0.6 is 27.7 Å². The number of carbonyl (C=O) groups excluding carboxylic acids is 3. The van der Waals surface area contributed by atoms with Crippen molar-refractivity contribution in [2.24, 2.45) is 0 Å². The number of esters is 1. The average Bonchev–Trinajstić information content (AvgIpc) is 2.84. The number of ether oxygens (including phenoxy) is 2. The van der Waals surface area contributed by atoms with Gasteiger partial charge in [0.05, 0.1) is 23.1 Å². The summed E-state index contributed by atoms with van der Waals surface area (Å²) in [6.07, 6.45) is 1.50. The van der Waals surface area contributed by atoms with Crippen molar-refractivity contribution in [3.8, 4) is 11.5 Å². The second-order valence-electron chi connectivity index (χ2n) is 5.03. The Labute approximate surface area is 157 Å². The van der Waals surface area contributed by atoms with E-state index in [1.807, 2.05) is 0 Å². The molecule has 2 rings (SSSR count). The zero-order chi connectivity index (χ0) is 18.7. The second kappa shape index (κ2) is 7.92. The smallest absolute Gasteiger partial charge is 0.329 e. The van der Waals surface area contributed by atoms with Crippen molar-refractivity contribution in [1.29, 1.82) is 0 Å². The van der Waals surface area contributed by atoms with Crippen molar-refractivity contribution in [3.05, 3.63) is 27.1 Å². The zero-order valence-electron chi connectivity index (χ0n) is 13.7. The first-order chi connectivity index (χ1) is 11.8. The van der Waals surface area contributed by atoms with E-state index in [4.69, 9.17) is 9.47 Å². The fourth-order valence-corrected chi connectivity index (χ4v) is 3.53. The third-order valence-corrected chi connectivity index (χ3v) is 4.90. The summed E-state index contributed by atoms with van der Waals surface area (Å²) < 4.78 is 10.3. The van der Waals surface area contributed by atoms with Crippen LogP contribution in [0.1, 0.15) is 19.4 Å². The molecule has 2 amide bonds. The van der Waals surface area contributed by atoms with Crippen molar-refractivity contribution < 1.29 is 29.0 Å². The molecule has 0 bridgehead atoms. The van der Waals surface area contributed by atoms with Crippen molar-refractivity contribution in [2.75, 3.05) is 13.7 Å². The van der Waals surface area contributed by atoms with Gasteiger partial charge in [-0.3, -0.25) is 14.5 Å². The predicted molar refractivity (Wildman–Crippen MR) is 96.3 cm³/mol. The van der Waals surface area contributed by atoms with E-state index < -0.39 is 23.2 Å². The number of thioether (sulfide) groups is 1. The molecule has 1 atom stereocenters. The number of carbonyl (C=O) groups is 3. The maximum atomic E-state index is 12.5. The summed E-state index contributed by atoms with van der Waals surface area (Å²) >= 11 is 3.93. The van der Waals surface area contributed by atoms with Crippen LogP contribution in [0.3, 0.4) is 0 Å². The fraction of sp³-hybridized carbons (Fsp3) is 0.312. The van der Waals surface area contributed by atoms with Crippen LogP contribution in [0.25, 0.3) is 6.08 Å². The minimum Gasteiger partial charge on any atom is -0.503 e. The number of amides is 2. The van der Waals surface area contributed by atoms with E-state index in [2.05, 4.69) is 15.9 Å². The largest absolute Gasteiger partial charge is 0.503 e. The van der Waals surface area contributed by atoms with Crippen molar-refractivity contribution in [2.45, 2.75) is 19.9 Å². The molecule has 1 aromatic carbocycles. The standard InChI is InChI=1S/C16H16BrNO6S/c1-4-24-15(21)8(2)18-14(20)12(25-16(18)22)7-9-5-10(17)13(19)11(6-9)23-3/h5-8,19H,4H2,1-3H3/b12-7-/t8-/m0/s1. The van der Waals surface area contributed by atoms with Crippen LogP contribution in [0.2, 0.25) is 0 Å². The number of halogens is 1. The summed E-state index contributed by atoms with van der Waals surface area (Å²) in [5, 5.41) is 9.28. The lowest BCUT2D eigenvalue weighted by Gasteiger charge is -2.19. The number of methoxy groups -OCH3 is 1. The van der Waals surface area contributed by atoms with Crippen molar-refractivity contribution in [1.82, 2.24) is 4.90 Å². The zero-order valence-corrected chi connectivity index (χ0v) is 16.1. The van der Waals surface area contributed by atoms with Crippen LogP contribution in [-0.4, -0.2) is 46.9 Å². The van der Waals surface area contributed by atoms with Gasteiger partial charge in [0.2, 0.25) is 0 Å². The number of phenols is 1. The van der Waals surface area contributed by atoms with Crippen molar-refractivity contribution in [3.63, 3.8) is 0 Å². The molecule has 134 valence electrons. The summed E-state index contributed by atoms with van der Waals surface area (Å²) in [4.78, 5) is 37.5. The molecule has 1 N–H and O–H groups in total. The van der Waals surface area contributed by atoms with Gasteiger partial charge >= 0.3 is 5.97 Å². The molecular formula is C16H16BrNO6S. The summed E-state index contributed by atoms with van der Waals surface area (Å²) in [5.74, 6) is -1.05. The monoisotopic (exact) mass is 429 g/mol. The lowest BCUT2D eigenvalue weighted by atomic mass is 10.1. The normalized spacial score (nSPS) is 17.1. The molecule has 7 nitrogen and oxygen atoms in total. The number of hydrogen-bond acceptors (Lipinski definition) is 7. The number of hydrogen-bond donors (Lipinski definition) is 1. The van der Waals surface area contributed by atoms with Gasteiger partial charge in [-0.1, -0.05) is 0 Å². The lowest BCUT2D eigenvalue weighted by Crippen LogP contribution is -2.42. The minimum atomic E-state index is -1.00. The van der Waals surface area contributed by atoms with E-state index in [1.165, 1.54) is 26.2 Å². The first kappa shape index (κ1) is 19.3. The van der Waals surface area contributed by atoms with Crippen LogP contribution in [0.4, 0.5) is 4.79 Å². The average molecular weight is 430 g/mol. The number of aromatic hydroxyl groups is 1. The molecule has 1 aromatic rings. The first-order valence-corrected chi connectivity index (χ1v) is 8.91. The van der Waals surface area contributed by atoms with Gasteiger partial charge in [0.15, 0.2) is 11.5 Å². The summed E-state index contributed by atoms with van der Waals surface area (Å²) in [5.41, 5.74) is 0.552. The molecular weight excluding hydrogens is 414 g/mol. The molecule has 25 heavy (non-hydrogen) atoms. The molecule has 1 heterocycles. The van der Waals surface area contributed by atoms with Crippen LogP contribution in [0.15, 0.2) is 21.5 Å². The Kier molecular flexibility index (Phi) is 6.12. The maximum absolute atomic E-state index is 12.5. The molecule has 1 fully saturated rings. The highest BCUT2D eigenvalue weighted by Gasteiger charge is 2.41. The highest BCUT2D eigenvalue weighted by Crippen LogP contribution is 2.38. The highest BCUT2D eigenvalue weighted by molar-refractivity contribution is 9.10. The molecule has 0 spiro atoms. The summed E-state index contributed by atoms with van der Waals surface area (Å²) in [6, 6.07) is 2.11. The van der Waals surface area contributed by atoms with Crippen LogP contribution in [-0.2, 0) is 14.3 Å². The van der Waals surface area contributed by atoms with Gasteiger partial charge in [-0.25, -0.2) is 4.79 Å². The maximum Gasteiger partial charge on any atom is 0.329 e. The second-order valence-corrected chi connectivity index (χ2v) is 6.88. The molecule has 0 unspecified atom stereocenters. The molecule has 9 heteroatoms. The van der Waals surface area contributed by atoms with Gasteiger partial charge in [0, 0.05) is 0 Å². The first-order valence-electron chi connectivity index (χ1n) is 7.30. The van der Waals surface area contributed by atoms with Crippen LogP contribution in [0, 0.1) is 0 Å². The predicted octanol–water partition coefficient (Wildman–Crippen LogP) is 3.15. The Morgan fingerprint density at radius 2 is 2.12 bits per heavy atom. The molecule has 0 aromatic heterocycles. The number of rotatable bonds is 5. The van der Waals surface area contributed by atoms with E-state index in [0.29, 0.717) is 10.0 Å². The van der Waals surface area contributed by atoms with Crippen LogP contribution in [0.5, 0.6) is 11.5 Å². The molecule has 1 aliphatic rings. The SMILES string of the molecule is CCOC(=O)[C@H](C)N1C(=O)S/C(=C\c2cc(Br)c(O)c(OC)c2)C1=O. The quantitative estimate of drug-likeness (QED) is 0.567. The number of nitrogens with zero attached hydrogens (tertiary/aromatic N) is 1. The van der Waals surface area contributed by atoms with E-state index >= 15 is 0 Å². The van der Waals surface area contributed by atoms with E-state index in [1.54, 1.807) is 13.0 Å². The molecule has 0 saturated carbocycles. The van der Waals surface area contributed by atoms with Gasteiger partial charge in [-0.15, -0.1) is 0 Å². The molecule has 0 aliphatic carbocycles. The topological polar surface area (TPSA) is 93.1 Å². The Morgan fingerprint density at radius 1 is 1.44 bits per heavy atom. The highest BCUT2D eigenvalue weighted by atomic mass is 79.9. The minimum absolute atomic E-state index is 0.0660. The molecule has 1 aliphatic heterocycles. The van der Waals surface area contributed by atoms with E-state index in [9.17, 15) is 19.5 Å². The number of imide groups is 1. The molecule has 1 saturated heterocycles. The molecule has 0 radical (unpaired) electrons. The Morgan fingerprint density at radius 3 is 2.72 bits per heavy atom.